The number of carbonyl (C=O) groups excluding carboxylic acids is 2. The first-order chi connectivity index (χ1) is 15.4. The topological polar surface area (TPSA) is 86.8 Å². The molecule has 1 aromatic carbocycles. The number of benzene rings is 1. The lowest BCUT2D eigenvalue weighted by Crippen LogP contribution is -2.47. The van der Waals surface area contributed by atoms with E-state index in [0.29, 0.717) is 19.5 Å². The van der Waals surface area contributed by atoms with Crippen LogP contribution in [0.3, 0.4) is 0 Å². The van der Waals surface area contributed by atoms with Crippen LogP contribution in [0.4, 0.5) is 5.69 Å². The zero-order valence-corrected chi connectivity index (χ0v) is 19.8. The van der Waals surface area contributed by atoms with Crippen LogP contribution in [-0.2, 0) is 26.0 Å². The van der Waals surface area contributed by atoms with Gasteiger partial charge in [0.25, 0.3) is 0 Å². The maximum Gasteiger partial charge on any atom is 0.243 e. The molecule has 8 heteroatoms. The summed E-state index contributed by atoms with van der Waals surface area (Å²) in [6.45, 7) is 2.87. The van der Waals surface area contributed by atoms with E-state index in [2.05, 4.69) is 5.32 Å². The van der Waals surface area contributed by atoms with Crippen LogP contribution in [-0.4, -0.2) is 50.2 Å². The Morgan fingerprint density at radius 3 is 2.44 bits per heavy atom. The van der Waals surface area contributed by atoms with E-state index in [4.69, 9.17) is 0 Å². The molecular formula is C24H35N3O4S. The zero-order valence-electron chi connectivity index (χ0n) is 19.0. The van der Waals surface area contributed by atoms with Crippen LogP contribution in [0.1, 0.15) is 70.3 Å². The number of piperidine rings is 1. The summed E-state index contributed by atoms with van der Waals surface area (Å²) in [5, 5.41) is 3.20. The second-order valence-corrected chi connectivity index (χ2v) is 11.4. The molecule has 1 atom stereocenters. The number of fused-ring (bicyclic) bond motifs is 1. The van der Waals surface area contributed by atoms with E-state index in [0.717, 1.165) is 56.2 Å². The molecule has 7 nitrogen and oxygen atoms in total. The molecule has 4 rings (SSSR count). The number of anilines is 1. The SMILES string of the molecule is CC(=O)N1CCCc2cc(S(=O)(=O)N3CCC[C@H](C(=O)NC4CCCCCC4)C3)ccc21. The minimum atomic E-state index is -3.69. The molecule has 0 bridgehead atoms. The number of hydrogen-bond acceptors (Lipinski definition) is 4. The zero-order chi connectivity index (χ0) is 22.7. The van der Waals surface area contributed by atoms with Crippen molar-refractivity contribution in [2.24, 2.45) is 5.92 Å². The van der Waals surface area contributed by atoms with Gasteiger partial charge in [-0.2, -0.15) is 4.31 Å². The summed E-state index contributed by atoms with van der Waals surface area (Å²) in [4.78, 5) is 26.8. The highest BCUT2D eigenvalue weighted by molar-refractivity contribution is 7.89. The van der Waals surface area contributed by atoms with Crippen molar-refractivity contribution in [3.63, 3.8) is 0 Å². The molecule has 1 aromatic rings. The van der Waals surface area contributed by atoms with E-state index in [1.54, 1.807) is 23.1 Å². The molecule has 1 saturated carbocycles. The Labute approximate surface area is 191 Å². The third kappa shape index (κ3) is 5.01. The lowest BCUT2D eigenvalue weighted by Gasteiger charge is -2.33. The van der Waals surface area contributed by atoms with Crippen molar-refractivity contribution in [2.45, 2.75) is 82.1 Å². The molecule has 3 aliphatic rings. The van der Waals surface area contributed by atoms with Crippen molar-refractivity contribution in [1.29, 1.82) is 0 Å². The molecule has 0 radical (unpaired) electrons. The molecule has 1 aliphatic carbocycles. The highest BCUT2D eigenvalue weighted by Crippen LogP contribution is 2.32. The van der Waals surface area contributed by atoms with Crippen molar-refractivity contribution in [3.8, 4) is 0 Å². The molecule has 2 fully saturated rings. The Kier molecular flexibility index (Phi) is 7.20. The van der Waals surface area contributed by atoms with Gasteiger partial charge in [0.15, 0.2) is 0 Å². The first-order valence-electron chi connectivity index (χ1n) is 12.1. The quantitative estimate of drug-likeness (QED) is 0.698. The predicted molar refractivity (Wildman–Crippen MR) is 124 cm³/mol. The van der Waals surface area contributed by atoms with Crippen molar-refractivity contribution < 1.29 is 18.0 Å². The first-order valence-corrected chi connectivity index (χ1v) is 13.5. The summed E-state index contributed by atoms with van der Waals surface area (Å²) in [5.74, 6) is -0.327. The van der Waals surface area contributed by atoms with Crippen molar-refractivity contribution in [1.82, 2.24) is 9.62 Å². The maximum absolute atomic E-state index is 13.4. The number of hydrogen-bond donors (Lipinski definition) is 1. The van der Waals surface area contributed by atoms with Gasteiger partial charge in [0, 0.05) is 38.3 Å². The minimum absolute atomic E-state index is 0.000610. The van der Waals surface area contributed by atoms with Crippen LogP contribution in [0, 0.1) is 5.92 Å². The number of rotatable bonds is 4. The number of nitrogens with one attached hydrogen (secondary N) is 1. The van der Waals surface area contributed by atoms with Gasteiger partial charge in [-0.25, -0.2) is 8.42 Å². The van der Waals surface area contributed by atoms with Crippen molar-refractivity contribution >= 4 is 27.5 Å². The lowest BCUT2D eigenvalue weighted by molar-refractivity contribution is -0.126. The van der Waals surface area contributed by atoms with Gasteiger partial charge in [0.2, 0.25) is 21.8 Å². The van der Waals surface area contributed by atoms with Crippen LogP contribution in [0.25, 0.3) is 0 Å². The van der Waals surface area contributed by atoms with Gasteiger partial charge >= 0.3 is 0 Å². The van der Waals surface area contributed by atoms with Crippen LogP contribution >= 0.6 is 0 Å². The van der Waals surface area contributed by atoms with Gasteiger partial charge in [-0.05, 0) is 62.3 Å². The molecule has 1 N–H and O–H groups in total. The Morgan fingerprint density at radius 2 is 1.72 bits per heavy atom. The summed E-state index contributed by atoms with van der Waals surface area (Å²) in [6.07, 6.45) is 9.79. The number of nitrogens with zero attached hydrogens (tertiary/aromatic N) is 2. The van der Waals surface area contributed by atoms with E-state index in [-0.39, 0.29) is 35.2 Å². The van der Waals surface area contributed by atoms with E-state index in [1.165, 1.54) is 24.1 Å². The predicted octanol–water partition coefficient (Wildman–Crippen LogP) is 3.23. The molecule has 0 aromatic heterocycles. The normalized spacial score (nSPS) is 23.3. The second kappa shape index (κ2) is 9.91. The minimum Gasteiger partial charge on any atom is -0.353 e. The smallest absolute Gasteiger partial charge is 0.243 e. The molecule has 32 heavy (non-hydrogen) atoms. The molecule has 2 heterocycles. The molecule has 2 amide bonds. The standard InChI is InChI=1S/C24H35N3O4S/c1-18(28)27-15-7-8-19-16-22(12-13-23(19)27)32(30,31)26-14-6-9-20(17-26)24(29)25-21-10-4-2-3-5-11-21/h12-13,16,20-21H,2-11,14-15,17H2,1H3,(H,25,29)/t20-/m0/s1. The van der Waals surface area contributed by atoms with Gasteiger partial charge in [0.1, 0.15) is 0 Å². The Balaban J connectivity index is 1.46. The van der Waals surface area contributed by atoms with Crippen molar-refractivity contribution in [3.05, 3.63) is 23.8 Å². The van der Waals surface area contributed by atoms with Gasteiger partial charge in [-0.1, -0.05) is 25.7 Å². The number of carbonyl (C=O) groups is 2. The Hall–Kier alpha value is -1.93. The first kappa shape index (κ1) is 23.2. The van der Waals surface area contributed by atoms with Crippen LogP contribution < -0.4 is 10.2 Å². The molecule has 176 valence electrons. The highest BCUT2D eigenvalue weighted by Gasteiger charge is 2.34. The van der Waals surface area contributed by atoms with E-state index in [1.807, 2.05) is 0 Å². The maximum atomic E-state index is 13.4. The fraction of sp³-hybridized carbons (Fsp3) is 0.667. The fourth-order valence-corrected chi connectivity index (χ4v) is 6.90. The number of amides is 2. The van der Waals surface area contributed by atoms with Gasteiger partial charge in [-0.3, -0.25) is 9.59 Å². The summed E-state index contributed by atoms with van der Waals surface area (Å²) < 4.78 is 28.3. The average Bonchev–Trinajstić information content (AvgIpc) is 3.07. The Bertz CT molecular complexity index is 954. The van der Waals surface area contributed by atoms with Crippen LogP contribution in [0.2, 0.25) is 0 Å². The van der Waals surface area contributed by atoms with Crippen LogP contribution in [0.5, 0.6) is 0 Å². The summed E-state index contributed by atoms with van der Waals surface area (Å²) in [5.41, 5.74) is 1.70. The van der Waals surface area contributed by atoms with E-state index < -0.39 is 10.0 Å². The van der Waals surface area contributed by atoms with E-state index in [9.17, 15) is 18.0 Å². The monoisotopic (exact) mass is 461 g/mol. The van der Waals surface area contributed by atoms with Gasteiger partial charge < -0.3 is 10.2 Å². The lowest BCUT2D eigenvalue weighted by atomic mass is 9.97. The van der Waals surface area contributed by atoms with E-state index >= 15 is 0 Å². The summed E-state index contributed by atoms with van der Waals surface area (Å²) >= 11 is 0. The number of sulfonamides is 1. The number of aryl methyl sites for hydroxylation is 1. The fourth-order valence-electron chi connectivity index (χ4n) is 5.33. The van der Waals surface area contributed by atoms with Crippen molar-refractivity contribution in [2.75, 3.05) is 24.5 Å². The largest absolute Gasteiger partial charge is 0.353 e. The molecule has 0 spiro atoms. The average molecular weight is 462 g/mol. The third-order valence-electron chi connectivity index (χ3n) is 7.14. The summed E-state index contributed by atoms with van der Waals surface area (Å²) in [7, 11) is -3.69. The molecule has 2 aliphatic heterocycles. The molecule has 1 saturated heterocycles. The molecular weight excluding hydrogens is 426 g/mol. The summed E-state index contributed by atoms with van der Waals surface area (Å²) in [6, 6.07) is 5.30. The van der Waals surface area contributed by atoms with Gasteiger partial charge in [0.05, 0.1) is 10.8 Å². The Morgan fingerprint density at radius 1 is 0.969 bits per heavy atom. The highest BCUT2D eigenvalue weighted by atomic mass is 32.2. The second-order valence-electron chi connectivity index (χ2n) is 9.46. The third-order valence-corrected chi connectivity index (χ3v) is 9.01. The molecule has 0 unspecified atom stereocenters. The van der Waals surface area contributed by atoms with Gasteiger partial charge in [-0.15, -0.1) is 0 Å². The van der Waals surface area contributed by atoms with Crippen LogP contribution in [0.15, 0.2) is 23.1 Å².